The fourth-order valence-electron chi connectivity index (χ4n) is 3.68. The predicted molar refractivity (Wildman–Crippen MR) is 59.3 cm³/mol. The highest BCUT2D eigenvalue weighted by Gasteiger charge is 2.56. The van der Waals surface area contributed by atoms with E-state index in [4.69, 9.17) is 0 Å². The van der Waals surface area contributed by atoms with Gasteiger partial charge in [-0.15, -0.1) is 0 Å². The summed E-state index contributed by atoms with van der Waals surface area (Å²) in [6.07, 6.45) is 6.25. The van der Waals surface area contributed by atoms with E-state index < -0.39 is 5.60 Å². The standard InChI is InChI=1S/C13H20O2/c1-8(14)11-9-6-4-5-7-10(11)12(9)13(2,3)15/h4-5,9-12,15H,6-7H2,1-3H3/t9-,10-,11?,12?/m1/s1. The summed E-state index contributed by atoms with van der Waals surface area (Å²) >= 11 is 0. The van der Waals surface area contributed by atoms with Gasteiger partial charge in [-0.05, 0) is 51.4 Å². The molecule has 0 aliphatic heterocycles. The number of carbonyl (C=O) groups excluding carboxylic acids is 1. The molecule has 0 radical (unpaired) electrons. The second-order valence-corrected chi connectivity index (χ2v) is 5.59. The Bertz CT molecular complexity index is 282. The summed E-state index contributed by atoms with van der Waals surface area (Å²) in [5, 5.41) is 10.1. The number of Topliss-reactive ketones (excluding diaryl/α,β-unsaturated/α-hetero) is 1. The molecule has 3 rings (SSSR count). The Balaban J connectivity index is 2.23. The number of ketones is 1. The lowest BCUT2D eigenvalue weighted by atomic mass is 9.50. The highest BCUT2D eigenvalue weighted by Crippen LogP contribution is 2.56. The Hall–Kier alpha value is -0.630. The van der Waals surface area contributed by atoms with Gasteiger partial charge in [0.05, 0.1) is 5.60 Å². The van der Waals surface area contributed by atoms with Crippen LogP contribution in [0.15, 0.2) is 12.2 Å². The Kier molecular flexibility index (Phi) is 2.50. The number of hydrogen-bond donors (Lipinski definition) is 1. The van der Waals surface area contributed by atoms with Crippen molar-refractivity contribution in [3.05, 3.63) is 12.2 Å². The van der Waals surface area contributed by atoms with Gasteiger partial charge in [-0.2, -0.15) is 0 Å². The second-order valence-electron chi connectivity index (χ2n) is 5.59. The van der Waals surface area contributed by atoms with Gasteiger partial charge in [-0.25, -0.2) is 0 Å². The molecule has 0 aromatic rings. The molecule has 15 heavy (non-hydrogen) atoms. The summed E-state index contributed by atoms with van der Waals surface area (Å²) < 4.78 is 0. The molecule has 0 spiro atoms. The zero-order valence-corrected chi connectivity index (χ0v) is 9.73. The van der Waals surface area contributed by atoms with Gasteiger partial charge in [0.15, 0.2) is 0 Å². The van der Waals surface area contributed by atoms with Crippen LogP contribution in [0.25, 0.3) is 0 Å². The lowest BCUT2D eigenvalue weighted by molar-refractivity contribution is -0.158. The van der Waals surface area contributed by atoms with Crippen molar-refractivity contribution in [3.63, 3.8) is 0 Å². The minimum atomic E-state index is -0.646. The molecular formula is C13H20O2. The maximum absolute atomic E-state index is 11.6. The van der Waals surface area contributed by atoms with Gasteiger partial charge in [0.1, 0.15) is 5.78 Å². The molecule has 2 bridgehead atoms. The Labute approximate surface area is 91.4 Å². The predicted octanol–water partition coefficient (Wildman–Crippen LogP) is 2.17. The first kappa shape index (κ1) is 10.9. The maximum atomic E-state index is 11.6. The zero-order chi connectivity index (χ0) is 11.2. The van der Waals surface area contributed by atoms with E-state index in [1.807, 2.05) is 13.8 Å². The molecule has 0 aromatic carbocycles. The van der Waals surface area contributed by atoms with Gasteiger partial charge >= 0.3 is 0 Å². The molecule has 0 aromatic heterocycles. The number of hydrogen-bond acceptors (Lipinski definition) is 2. The molecule has 3 aliphatic carbocycles. The lowest BCUT2D eigenvalue weighted by Crippen LogP contribution is -2.57. The minimum Gasteiger partial charge on any atom is -0.390 e. The number of allylic oxidation sites excluding steroid dienone is 2. The van der Waals surface area contributed by atoms with Crippen LogP contribution in [0.2, 0.25) is 0 Å². The molecule has 2 heteroatoms. The first-order valence-electron chi connectivity index (χ1n) is 5.80. The average molecular weight is 208 g/mol. The highest BCUT2D eigenvalue weighted by atomic mass is 16.3. The Morgan fingerprint density at radius 2 is 1.73 bits per heavy atom. The van der Waals surface area contributed by atoms with Crippen molar-refractivity contribution in [1.29, 1.82) is 0 Å². The van der Waals surface area contributed by atoms with Crippen LogP contribution in [0, 0.1) is 23.7 Å². The van der Waals surface area contributed by atoms with Crippen LogP contribution in [0.4, 0.5) is 0 Å². The van der Waals surface area contributed by atoms with Gasteiger partial charge in [-0.3, -0.25) is 4.79 Å². The smallest absolute Gasteiger partial charge is 0.133 e. The maximum Gasteiger partial charge on any atom is 0.133 e. The van der Waals surface area contributed by atoms with Crippen molar-refractivity contribution in [2.24, 2.45) is 23.7 Å². The molecule has 84 valence electrons. The monoisotopic (exact) mass is 208 g/mol. The van der Waals surface area contributed by atoms with E-state index in [1.165, 1.54) is 0 Å². The number of aliphatic hydroxyl groups is 1. The van der Waals surface area contributed by atoms with Crippen LogP contribution in [-0.4, -0.2) is 16.5 Å². The van der Waals surface area contributed by atoms with E-state index in [2.05, 4.69) is 12.2 Å². The number of fused-ring (bicyclic) bond motifs is 2. The van der Waals surface area contributed by atoms with Gasteiger partial charge in [0.2, 0.25) is 0 Å². The summed E-state index contributed by atoms with van der Waals surface area (Å²) in [6, 6.07) is 0. The average Bonchev–Trinajstić information content (AvgIpc) is 2.30. The van der Waals surface area contributed by atoms with Crippen LogP contribution in [0.3, 0.4) is 0 Å². The number of carbonyl (C=O) groups is 1. The normalized spacial score (nSPS) is 39.5. The third kappa shape index (κ3) is 1.65. The lowest BCUT2D eigenvalue weighted by Gasteiger charge is -2.54. The molecule has 0 amide bonds. The van der Waals surface area contributed by atoms with Crippen molar-refractivity contribution < 1.29 is 9.90 Å². The first-order valence-corrected chi connectivity index (χ1v) is 5.80. The van der Waals surface area contributed by atoms with Gasteiger partial charge in [0, 0.05) is 5.92 Å². The molecule has 2 nitrogen and oxygen atoms in total. The molecule has 1 N–H and O–H groups in total. The SMILES string of the molecule is CC(=O)C1[C@H]2CC=CC[C@H]1C2C(C)(C)O. The molecule has 0 unspecified atom stereocenters. The van der Waals surface area contributed by atoms with Gasteiger partial charge in [-0.1, -0.05) is 12.2 Å². The van der Waals surface area contributed by atoms with E-state index in [1.54, 1.807) is 6.92 Å². The zero-order valence-electron chi connectivity index (χ0n) is 9.73. The number of rotatable bonds is 2. The van der Waals surface area contributed by atoms with Crippen LogP contribution in [0.1, 0.15) is 33.6 Å². The first-order chi connectivity index (χ1) is 6.93. The molecular weight excluding hydrogens is 188 g/mol. The third-order valence-electron chi connectivity index (χ3n) is 4.11. The summed E-state index contributed by atoms with van der Waals surface area (Å²) in [5.74, 6) is 1.52. The van der Waals surface area contributed by atoms with Crippen molar-refractivity contribution in [2.45, 2.75) is 39.2 Å². The highest BCUT2D eigenvalue weighted by molar-refractivity contribution is 5.80. The second kappa shape index (κ2) is 3.44. The minimum absolute atomic E-state index is 0.191. The summed E-state index contributed by atoms with van der Waals surface area (Å²) in [5.41, 5.74) is -0.646. The quantitative estimate of drug-likeness (QED) is 0.706. The van der Waals surface area contributed by atoms with Gasteiger partial charge < -0.3 is 5.11 Å². The summed E-state index contributed by atoms with van der Waals surface area (Å²) in [7, 11) is 0. The molecule has 0 heterocycles. The summed E-state index contributed by atoms with van der Waals surface area (Å²) in [4.78, 5) is 11.6. The van der Waals surface area contributed by atoms with Crippen molar-refractivity contribution in [3.8, 4) is 0 Å². The van der Waals surface area contributed by atoms with E-state index in [-0.39, 0.29) is 5.92 Å². The molecule has 3 aliphatic rings. The van der Waals surface area contributed by atoms with Crippen LogP contribution >= 0.6 is 0 Å². The third-order valence-corrected chi connectivity index (χ3v) is 4.11. The van der Waals surface area contributed by atoms with Crippen molar-refractivity contribution >= 4 is 5.78 Å². The molecule has 1 fully saturated rings. The van der Waals surface area contributed by atoms with Crippen LogP contribution in [-0.2, 0) is 4.79 Å². The van der Waals surface area contributed by atoms with E-state index in [0.29, 0.717) is 23.5 Å². The molecule has 2 atom stereocenters. The fourth-order valence-corrected chi connectivity index (χ4v) is 3.68. The summed E-state index contributed by atoms with van der Waals surface area (Å²) in [6.45, 7) is 5.44. The Morgan fingerprint density at radius 3 is 2.07 bits per heavy atom. The fraction of sp³-hybridized carbons (Fsp3) is 0.769. The largest absolute Gasteiger partial charge is 0.390 e. The Morgan fingerprint density at radius 1 is 1.27 bits per heavy atom. The van der Waals surface area contributed by atoms with Crippen molar-refractivity contribution in [1.82, 2.24) is 0 Å². The molecule has 1 saturated carbocycles. The van der Waals surface area contributed by atoms with Crippen LogP contribution in [0.5, 0.6) is 0 Å². The van der Waals surface area contributed by atoms with E-state index >= 15 is 0 Å². The van der Waals surface area contributed by atoms with Gasteiger partial charge in [0.25, 0.3) is 0 Å². The van der Waals surface area contributed by atoms with Crippen molar-refractivity contribution in [2.75, 3.05) is 0 Å². The van der Waals surface area contributed by atoms with E-state index in [9.17, 15) is 9.90 Å². The van der Waals surface area contributed by atoms with E-state index in [0.717, 1.165) is 12.8 Å². The van der Waals surface area contributed by atoms with Crippen LogP contribution < -0.4 is 0 Å². The topological polar surface area (TPSA) is 37.3 Å². The molecule has 0 saturated heterocycles.